The predicted molar refractivity (Wildman–Crippen MR) is 101 cm³/mol. The minimum Gasteiger partial charge on any atom is -0.374 e. The second-order valence-electron chi connectivity index (χ2n) is 6.29. The molecule has 0 saturated heterocycles. The van der Waals surface area contributed by atoms with Gasteiger partial charge < -0.3 is 18.9 Å². The first-order valence-electron chi connectivity index (χ1n) is 8.92. The Balaban J connectivity index is 1.64. The van der Waals surface area contributed by atoms with Crippen molar-refractivity contribution in [2.75, 3.05) is 13.7 Å². The Labute approximate surface area is 159 Å². The van der Waals surface area contributed by atoms with Crippen molar-refractivity contribution in [3.63, 3.8) is 0 Å². The summed E-state index contributed by atoms with van der Waals surface area (Å²) in [6.07, 6.45) is 1.04. The average molecular weight is 368 g/mol. The summed E-state index contributed by atoms with van der Waals surface area (Å²) in [4.78, 5) is 11.3. The molecule has 0 radical (unpaired) electrons. The van der Waals surface area contributed by atoms with Crippen LogP contribution in [-0.2, 0) is 37.0 Å². The number of hydrogen-bond donors (Lipinski definition) is 0. The van der Waals surface area contributed by atoms with E-state index >= 15 is 0 Å². The SMILES string of the molecule is CO[C@H]1O[C@H](COCc2ccccc2)[C@@H](OCc2ccccc2)C=C1C=O. The second-order valence-corrected chi connectivity index (χ2v) is 6.29. The van der Waals surface area contributed by atoms with Gasteiger partial charge in [-0.15, -0.1) is 0 Å². The normalized spacial score (nSPS) is 22.3. The zero-order valence-corrected chi connectivity index (χ0v) is 15.3. The predicted octanol–water partition coefficient (Wildman–Crippen LogP) is 3.29. The van der Waals surface area contributed by atoms with Crippen LogP contribution in [0.1, 0.15) is 11.1 Å². The first kappa shape index (κ1) is 19.5. The van der Waals surface area contributed by atoms with Gasteiger partial charge in [-0.3, -0.25) is 4.79 Å². The Morgan fingerprint density at radius 2 is 1.59 bits per heavy atom. The number of carbonyl (C=O) groups excluding carboxylic acids is 1. The Morgan fingerprint density at radius 1 is 0.963 bits per heavy atom. The summed E-state index contributed by atoms with van der Waals surface area (Å²) in [5.41, 5.74) is 2.56. The lowest BCUT2D eigenvalue weighted by atomic mass is 10.1. The molecule has 3 atom stereocenters. The largest absolute Gasteiger partial charge is 0.374 e. The molecule has 0 amide bonds. The van der Waals surface area contributed by atoms with Crippen molar-refractivity contribution in [1.82, 2.24) is 0 Å². The number of rotatable bonds is 9. The fourth-order valence-electron chi connectivity index (χ4n) is 2.90. The van der Waals surface area contributed by atoms with Crippen molar-refractivity contribution >= 4 is 6.29 Å². The van der Waals surface area contributed by atoms with Gasteiger partial charge in [0, 0.05) is 12.7 Å². The molecule has 5 heteroatoms. The van der Waals surface area contributed by atoms with Gasteiger partial charge in [-0.25, -0.2) is 0 Å². The molecule has 0 spiro atoms. The number of methoxy groups -OCH3 is 1. The topological polar surface area (TPSA) is 54.0 Å². The number of aldehydes is 1. The van der Waals surface area contributed by atoms with Crippen LogP contribution < -0.4 is 0 Å². The van der Waals surface area contributed by atoms with E-state index < -0.39 is 12.4 Å². The first-order chi connectivity index (χ1) is 13.3. The monoisotopic (exact) mass is 368 g/mol. The van der Waals surface area contributed by atoms with Crippen LogP contribution >= 0.6 is 0 Å². The maximum Gasteiger partial charge on any atom is 0.186 e. The van der Waals surface area contributed by atoms with Crippen molar-refractivity contribution in [3.8, 4) is 0 Å². The lowest BCUT2D eigenvalue weighted by Gasteiger charge is -2.33. The van der Waals surface area contributed by atoms with E-state index in [2.05, 4.69) is 0 Å². The highest BCUT2D eigenvalue weighted by molar-refractivity contribution is 5.74. The molecular formula is C22H24O5. The Morgan fingerprint density at radius 3 is 2.19 bits per heavy atom. The van der Waals surface area contributed by atoms with Gasteiger partial charge in [-0.2, -0.15) is 0 Å². The van der Waals surface area contributed by atoms with Crippen LogP contribution in [0.4, 0.5) is 0 Å². The molecule has 0 aromatic heterocycles. The molecule has 0 bridgehead atoms. The molecule has 0 unspecified atom stereocenters. The number of carbonyl (C=O) groups is 1. The highest BCUT2D eigenvalue weighted by Gasteiger charge is 2.33. The molecule has 3 rings (SSSR count). The van der Waals surface area contributed by atoms with E-state index in [9.17, 15) is 4.79 Å². The van der Waals surface area contributed by atoms with Crippen molar-refractivity contribution in [2.24, 2.45) is 0 Å². The van der Waals surface area contributed by atoms with E-state index in [0.717, 1.165) is 17.4 Å². The fraction of sp³-hybridized carbons (Fsp3) is 0.318. The minimum absolute atomic E-state index is 0.330. The van der Waals surface area contributed by atoms with Gasteiger partial charge in [0.1, 0.15) is 12.2 Å². The molecule has 0 aliphatic carbocycles. The zero-order chi connectivity index (χ0) is 18.9. The summed E-state index contributed by atoms with van der Waals surface area (Å²) >= 11 is 0. The molecule has 0 saturated carbocycles. The molecule has 2 aromatic carbocycles. The van der Waals surface area contributed by atoms with Gasteiger partial charge in [0.2, 0.25) is 0 Å². The summed E-state index contributed by atoms with van der Waals surface area (Å²) in [5, 5.41) is 0. The van der Waals surface area contributed by atoms with Crippen LogP contribution in [0.15, 0.2) is 72.3 Å². The quantitative estimate of drug-likeness (QED) is 0.636. The standard InChI is InChI=1S/C22H24O5/c1-24-22-19(13-23)12-20(26-15-18-10-6-3-7-11-18)21(27-22)16-25-14-17-8-4-2-5-9-17/h2-13,20-22H,14-16H2,1H3/t20-,21+,22-/m0/s1. The fourth-order valence-corrected chi connectivity index (χ4v) is 2.90. The molecule has 5 nitrogen and oxygen atoms in total. The third-order valence-electron chi connectivity index (χ3n) is 4.32. The first-order valence-corrected chi connectivity index (χ1v) is 8.92. The van der Waals surface area contributed by atoms with Gasteiger partial charge in [0.25, 0.3) is 0 Å². The van der Waals surface area contributed by atoms with Gasteiger partial charge in [0.15, 0.2) is 12.6 Å². The molecular weight excluding hydrogens is 344 g/mol. The summed E-state index contributed by atoms with van der Waals surface area (Å²) in [7, 11) is 1.51. The molecule has 0 N–H and O–H groups in total. The van der Waals surface area contributed by atoms with E-state index in [4.69, 9.17) is 18.9 Å². The van der Waals surface area contributed by atoms with Crippen LogP contribution in [0.3, 0.4) is 0 Å². The van der Waals surface area contributed by atoms with Crippen LogP contribution in [0, 0.1) is 0 Å². The van der Waals surface area contributed by atoms with Crippen LogP contribution in [-0.4, -0.2) is 38.5 Å². The van der Waals surface area contributed by atoms with Gasteiger partial charge >= 0.3 is 0 Å². The van der Waals surface area contributed by atoms with Crippen molar-refractivity contribution < 1.29 is 23.7 Å². The Kier molecular flexibility index (Phi) is 7.30. The maximum atomic E-state index is 11.3. The van der Waals surface area contributed by atoms with Crippen LogP contribution in [0.5, 0.6) is 0 Å². The van der Waals surface area contributed by atoms with Crippen molar-refractivity contribution in [2.45, 2.75) is 31.7 Å². The van der Waals surface area contributed by atoms with E-state index in [0.29, 0.717) is 25.4 Å². The summed E-state index contributed by atoms with van der Waals surface area (Å²) in [5.74, 6) is 0. The second kappa shape index (κ2) is 10.1. The van der Waals surface area contributed by atoms with Crippen LogP contribution in [0.25, 0.3) is 0 Å². The lowest BCUT2D eigenvalue weighted by molar-refractivity contribution is -0.191. The molecule has 1 aliphatic heterocycles. The summed E-state index contributed by atoms with van der Waals surface area (Å²) < 4.78 is 23.0. The minimum atomic E-state index is -0.704. The third-order valence-corrected chi connectivity index (χ3v) is 4.32. The molecule has 2 aromatic rings. The molecule has 1 heterocycles. The van der Waals surface area contributed by atoms with Crippen molar-refractivity contribution in [1.29, 1.82) is 0 Å². The van der Waals surface area contributed by atoms with Gasteiger partial charge in [-0.05, 0) is 17.2 Å². The smallest absolute Gasteiger partial charge is 0.186 e. The van der Waals surface area contributed by atoms with E-state index in [-0.39, 0.29) is 6.10 Å². The highest BCUT2D eigenvalue weighted by Crippen LogP contribution is 2.23. The summed E-state index contributed by atoms with van der Waals surface area (Å²) in [6, 6.07) is 19.8. The lowest BCUT2D eigenvalue weighted by Crippen LogP contribution is -2.43. The third kappa shape index (κ3) is 5.58. The van der Waals surface area contributed by atoms with Crippen LogP contribution in [0.2, 0.25) is 0 Å². The Bertz CT molecular complexity index is 729. The number of benzene rings is 2. The molecule has 142 valence electrons. The van der Waals surface area contributed by atoms with E-state index in [1.54, 1.807) is 6.08 Å². The Hall–Kier alpha value is -2.31. The van der Waals surface area contributed by atoms with Gasteiger partial charge in [-0.1, -0.05) is 60.7 Å². The highest BCUT2D eigenvalue weighted by atomic mass is 16.7. The maximum absolute atomic E-state index is 11.3. The molecule has 27 heavy (non-hydrogen) atoms. The molecule has 1 aliphatic rings. The number of ether oxygens (including phenoxy) is 4. The van der Waals surface area contributed by atoms with Gasteiger partial charge in [0.05, 0.1) is 19.8 Å². The molecule has 0 fully saturated rings. The zero-order valence-electron chi connectivity index (χ0n) is 15.3. The van der Waals surface area contributed by atoms with E-state index in [1.807, 2.05) is 60.7 Å². The number of hydrogen-bond acceptors (Lipinski definition) is 5. The average Bonchev–Trinajstić information content (AvgIpc) is 2.73. The summed E-state index contributed by atoms with van der Waals surface area (Å²) in [6.45, 7) is 1.23. The van der Waals surface area contributed by atoms with E-state index in [1.165, 1.54) is 7.11 Å². The van der Waals surface area contributed by atoms with Crippen molar-refractivity contribution in [3.05, 3.63) is 83.4 Å².